The molecule has 0 radical (unpaired) electrons. The lowest BCUT2D eigenvalue weighted by molar-refractivity contribution is -0.157. The molecule has 0 aliphatic heterocycles. The van der Waals surface area contributed by atoms with Gasteiger partial charge in [-0.2, -0.15) is 0 Å². The minimum atomic E-state index is -0.667. The standard InChI is InChI=1S/C17H22O4/c1-12(18)16(20)14(10-13-8-6-5-7-9-13)11-15(19)21-17(2,3)4/h5-9,14H,10-11H2,1-4H3. The lowest BCUT2D eigenvalue weighted by atomic mass is 9.90. The van der Waals surface area contributed by atoms with Gasteiger partial charge in [-0.25, -0.2) is 0 Å². The third-order valence-electron chi connectivity index (χ3n) is 2.88. The Morgan fingerprint density at radius 2 is 1.67 bits per heavy atom. The maximum absolute atomic E-state index is 12.0. The lowest BCUT2D eigenvalue weighted by Gasteiger charge is -2.21. The zero-order chi connectivity index (χ0) is 16.0. The number of hydrogen-bond donors (Lipinski definition) is 0. The van der Waals surface area contributed by atoms with Crippen molar-refractivity contribution in [3.05, 3.63) is 35.9 Å². The Hall–Kier alpha value is -1.97. The number of esters is 1. The first-order chi connectivity index (χ1) is 9.69. The zero-order valence-electron chi connectivity index (χ0n) is 13.0. The van der Waals surface area contributed by atoms with E-state index in [0.29, 0.717) is 6.42 Å². The predicted molar refractivity (Wildman–Crippen MR) is 79.8 cm³/mol. The molecule has 0 amide bonds. The molecule has 4 heteroatoms. The lowest BCUT2D eigenvalue weighted by Crippen LogP contribution is -2.30. The number of benzene rings is 1. The van der Waals surface area contributed by atoms with Gasteiger partial charge in [0.05, 0.1) is 6.42 Å². The van der Waals surface area contributed by atoms with E-state index in [4.69, 9.17) is 4.74 Å². The first kappa shape index (κ1) is 17.1. The van der Waals surface area contributed by atoms with Crippen LogP contribution in [-0.4, -0.2) is 23.1 Å². The third-order valence-corrected chi connectivity index (χ3v) is 2.88. The van der Waals surface area contributed by atoms with Crippen molar-refractivity contribution < 1.29 is 19.1 Å². The SMILES string of the molecule is CC(=O)C(=O)C(CC(=O)OC(C)(C)C)Cc1ccccc1. The second-order valence-corrected chi connectivity index (χ2v) is 6.10. The Morgan fingerprint density at radius 1 is 1.10 bits per heavy atom. The number of ketones is 2. The molecule has 0 spiro atoms. The largest absolute Gasteiger partial charge is 0.460 e. The molecule has 0 fully saturated rings. The maximum atomic E-state index is 12.0. The van der Waals surface area contributed by atoms with E-state index >= 15 is 0 Å². The topological polar surface area (TPSA) is 60.4 Å². The summed E-state index contributed by atoms with van der Waals surface area (Å²) in [6.45, 7) is 6.53. The van der Waals surface area contributed by atoms with Gasteiger partial charge in [-0.3, -0.25) is 14.4 Å². The van der Waals surface area contributed by atoms with Crippen molar-refractivity contribution in [2.75, 3.05) is 0 Å². The molecule has 114 valence electrons. The molecule has 0 aromatic heterocycles. The van der Waals surface area contributed by atoms with Crippen molar-refractivity contribution in [1.29, 1.82) is 0 Å². The van der Waals surface area contributed by atoms with Gasteiger partial charge in [0.25, 0.3) is 0 Å². The van der Waals surface area contributed by atoms with Crippen molar-refractivity contribution in [3.63, 3.8) is 0 Å². The average molecular weight is 290 g/mol. The van der Waals surface area contributed by atoms with Gasteiger partial charge in [0.1, 0.15) is 5.60 Å². The molecule has 0 saturated carbocycles. The summed E-state index contributed by atoms with van der Waals surface area (Å²) in [6.07, 6.45) is 0.281. The molecule has 0 heterocycles. The molecule has 0 N–H and O–H groups in total. The minimum absolute atomic E-state index is 0.0788. The summed E-state index contributed by atoms with van der Waals surface area (Å²) in [5.74, 6) is -2.18. The van der Waals surface area contributed by atoms with Crippen molar-refractivity contribution in [2.45, 2.75) is 46.1 Å². The van der Waals surface area contributed by atoms with Crippen LogP contribution in [0.3, 0.4) is 0 Å². The number of ether oxygens (including phenoxy) is 1. The summed E-state index contributed by atoms with van der Waals surface area (Å²) in [4.78, 5) is 35.2. The normalized spacial score (nSPS) is 12.6. The van der Waals surface area contributed by atoms with E-state index in [1.807, 2.05) is 30.3 Å². The molecule has 0 aliphatic carbocycles. The maximum Gasteiger partial charge on any atom is 0.307 e. The highest BCUT2D eigenvalue weighted by atomic mass is 16.6. The van der Waals surface area contributed by atoms with Crippen molar-refractivity contribution in [3.8, 4) is 0 Å². The first-order valence-corrected chi connectivity index (χ1v) is 6.99. The van der Waals surface area contributed by atoms with E-state index in [2.05, 4.69) is 0 Å². The van der Waals surface area contributed by atoms with Gasteiger partial charge in [-0.15, -0.1) is 0 Å². The summed E-state index contributed by atoms with van der Waals surface area (Å²) >= 11 is 0. The van der Waals surface area contributed by atoms with Crippen molar-refractivity contribution in [2.24, 2.45) is 5.92 Å². The molecule has 1 aromatic rings. The van der Waals surface area contributed by atoms with Gasteiger partial charge in [-0.05, 0) is 32.8 Å². The second-order valence-electron chi connectivity index (χ2n) is 6.10. The van der Waals surface area contributed by atoms with E-state index in [9.17, 15) is 14.4 Å². The van der Waals surface area contributed by atoms with Gasteiger partial charge >= 0.3 is 5.97 Å². The number of Topliss-reactive ketones (excluding diaryl/α,β-unsaturated/α-hetero) is 2. The van der Waals surface area contributed by atoms with Crippen LogP contribution in [0, 0.1) is 5.92 Å². The monoisotopic (exact) mass is 290 g/mol. The Kier molecular flexibility index (Phi) is 5.82. The van der Waals surface area contributed by atoms with E-state index < -0.39 is 29.1 Å². The fourth-order valence-electron chi connectivity index (χ4n) is 2.03. The molecule has 4 nitrogen and oxygen atoms in total. The van der Waals surface area contributed by atoms with Gasteiger partial charge < -0.3 is 4.74 Å². The summed E-state index contributed by atoms with van der Waals surface area (Å²) in [5.41, 5.74) is 0.314. The number of hydrogen-bond acceptors (Lipinski definition) is 4. The Bertz CT molecular complexity index is 511. The Morgan fingerprint density at radius 3 is 2.14 bits per heavy atom. The van der Waals surface area contributed by atoms with Gasteiger partial charge in [0.2, 0.25) is 5.78 Å². The summed E-state index contributed by atoms with van der Waals surface area (Å²) in [6, 6.07) is 9.33. The summed E-state index contributed by atoms with van der Waals surface area (Å²) in [5, 5.41) is 0. The number of carbonyl (C=O) groups is 3. The predicted octanol–water partition coefficient (Wildman–Crippen LogP) is 2.74. The Balaban J connectivity index is 2.81. The molecule has 1 aromatic carbocycles. The smallest absolute Gasteiger partial charge is 0.307 e. The van der Waals surface area contributed by atoms with Crippen molar-refractivity contribution >= 4 is 17.5 Å². The summed E-state index contributed by atoms with van der Waals surface area (Å²) < 4.78 is 5.23. The van der Waals surface area contributed by atoms with E-state index in [0.717, 1.165) is 5.56 Å². The summed E-state index contributed by atoms with van der Waals surface area (Å²) in [7, 11) is 0. The van der Waals surface area contributed by atoms with Crippen LogP contribution in [0.5, 0.6) is 0 Å². The highest BCUT2D eigenvalue weighted by Gasteiger charge is 2.27. The molecule has 0 bridgehead atoms. The molecule has 0 saturated heterocycles. The third kappa shape index (κ3) is 6.34. The van der Waals surface area contributed by atoms with Gasteiger partial charge in [0.15, 0.2) is 5.78 Å². The molecule has 0 aliphatic rings. The van der Waals surface area contributed by atoms with Crippen LogP contribution in [-0.2, 0) is 25.5 Å². The van der Waals surface area contributed by atoms with Crippen LogP contribution in [0.25, 0.3) is 0 Å². The van der Waals surface area contributed by atoms with E-state index in [1.165, 1.54) is 6.92 Å². The van der Waals surface area contributed by atoms with Crippen molar-refractivity contribution in [1.82, 2.24) is 0 Å². The molecule has 21 heavy (non-hydrogen) atoms. The van der Waals surface area contributed by atoms with Crippen LogP contribution < -0.4 is 0 Å². The highest BCUT2D eigenvalue weighted by Crippen LogP contribution is 2.17. The van der Waals surface area contributed by atoms with Crippen LogP contribution in [0.1, 0.15) is 39.7 Å². The van der Waals surface area contributed by atoms with Crippen LogP contribution in [0.15, 0.2) is 30.3 Å². The zero-order valence-corrected chi connectivity index (χ0v) is 13.0. The fraction of sp³-hybridized carbons (Fsp3) is 0.471. The second kappa shape index (κ2) is 7.16. The first-order valence-electron chi connectivity index (χ1n) is 6.99. The van der Waals surface area contributed by atoms with Gasteiger partial charge in [-0.1, -0.05) is 30.3 Å². The highest BCUT2D eigenvalue weighted by molar-refractivity contribution is 6.37. The molecule has 1 unspecified atom stereocenters. The Labute approximate surface area is 125 Å². The number of carbonyl (C=O) groups excluding carboxylic acids is 3. The molecule has 1 atom stereocenters. The quantitative estimate of drug-likeness (QED) is 0.597. The fourth-order valence-corrected chi connectivity index (χ4v) is 2.03. The minimum Gasteiger partial charge on any atom is -0.460 e. The van der Waals surface area contributed by atoms with E-state index in [1.54, 1.807) is 20.8 Å². The number of rotatable bonds is 6. The van der Waals surface area contributed by atoms with E-state index in [-0.39, 0.29) is 6.42 Å². The van der Waals surface area contributed by atoms with Crippen LogP contribution in [0.2, 0.25) is 0 Å². The molecule has 1 rings (SSSR count). The van der Waals surface area contributed by atoms with Crippen LogP contribution >= 0.6 is 0 Å². The molecular formula is C17H22O4. The van der Waals surface area contributed by atoms with Crippen LogP contribution in [0.4, 0.5) is 0 Å². The average Bonchev–Trinajstić information content (AvgIpc) is 2.36. The van der Waals surface area contributed by atoms with Gasteiger partial charge in [0, 0.05) is 12.8 Å². The molecular weight excluding hydrogens is 268 g/mol.